The maximum absolute atomic E-state index is 13.3. The Morgan fingerprint density at radius 3 is 2.76 bits per heavy atom. The number of aryl methyl sites for hydroxylation is 1. The van der Waals surface area contributed by atoms with Crippen LogP contribution in [0, 0.1) is 13.8 Å². The molecule has 1 aromatic heterocycles. The minimum Gasteiger partial charge on any atom is -0.493 e. The summed E-state index contributed by atoms with van der Waals surface area (Å²) < 4.78 is 13.9. The van der Waals surface area contributed by atoms with Crippen molar-refractivity contribution in [3.05, 3.63) is 95.3 Å². The normalized spacial score (nSPS) is 12.2. The van der Waals surface area contributed by atoms with E-state index in [4.69, 9.17) is 20.9 Å². The van der Waals surface area contributed by atoms with Crippen LogP contribution in [0.15, 0.2) is 78.0 Å². The molecule has 1 aliphatic rings. The molecule has 0 spiro atoms. The molecule has 0 saturated heterocycles. The molecule has 3 aromatic carbocycles. The maximum atomic E-state index is 13.3. The SMILES string of the molecule is Cc1cccc(OCCCC(=O)N2CCOc3c(-c4cnn(Cc5cccc(C(=O)NCCN=C(N)N)c5)c4)cccc32)c1C. The molecule has 2 heterocycles. The largest absolute Gasteiger partial charge is 0.493 e. The molecule has 11 heteroatoms. The van der Waals surface area contributed by atoms with Crippen molar-refractivity contribution in [1.29, 1.82) is 0 Å². The number of hydrogen-bond donors (Lipinski definition) is 3. The summed E-state index contributed by atoms with van der Waals surface area (Å²) >= 11 is 0. The fourth-order valence-electron chi connectivity index (χ4n) is 5.20. The number of nitrogens with one attached hydrogen (secondary N) is 1. The Hall–Kier alpha value is -5.32. The van der Waals surface area contributed by atoms with E-state index in [1.165, 1.54) is 5.56 Å². The number of carbonyl (C=O) groups excluding carboxylic acids is 2. The predicted molar refractivity (Wildman–Crippen MR) is 175 cm³/mol. The van der Waals surface area contributed by atoms with E-state index < -0.39 is 0 Å². The molecular weight excluding hydrogens is 570 g/mol. The quantitative estimate of drug-likeness (QED) is 0.126. The van der Waals surface area contributed by atoms with Crippen molar-refractivity contribution in [1.82, 2.24) is 15.1 Å². The number of guanidine groups is 1. The van der Waals surface area contributed by atoms with Crippen molar-refractivity contribution in [3.8, 4) is 22.6 Å². The lowest BCUT2D eigenvalue weighted by atomic mass is 10.1. The van der Waals surface area contributed by atoms with Crippen LogP contribution in [0.1, 0.15) is 39.9 Å². The molecule has 5 rings (SSSR count). The Morgan fingerprint density at radius 1 is 1.09 bits per heavy atom. The molecule has 11 nitrogen and oxygen atoms in total. The van der Waals surface area contributed by atoms with Gasteiger partial charge >= 0.3 is 0 Å². The Labute approximate surface area is 262 Å². The van der Waals surface area contributed by atoms with Gasteiger partial charge in [-0.1, -0.05) is 36.4 Å². The number of benzene rings is 3. The number of amides is 2. The molecule has 2 amide bonds. The highest BCUT2D eigenvalue weighted by Gasteiger charge is 2.26. The summed E-state index contributed by atoms with van der Waals surface area (Å²) in [6, 6.07) is 19.2. The topological polar surface area (TPSA) is 150 Å². The van der Waals surface area contributed by atoms with E-state index in [1.54, 1.807) is 17.2 Å². The number of aliphatic imine (C=N–C) groups is 1. The number of hydrogen-bond acceptors (Lipinski definition) is 6. The second-order valence-electron chi connectivity index (χ2n) is 10.9. The number of rotatable bonds is 12. The Bertz CT molecular complexity index is 1690. The lowest BCUT2D eigenvalue weighted by molar-refractivity contribution is -0.119. The average Bonchev–Trinajstić information content (AvgIpc) is 3.50. The van der Waals surface area contributed by atoms with Gasteiger partial charge in [-0.3, -0.25) is 19.3 Å². The number of anilines is 1. The van der Waals surface area contributed by atoms with Gasteiger partial charge < -0.3 is 31.2 Å². The van der Waals surface area contributed by atoms with Crippen molar-refractivity contribution in [3.63, 3.8) is 0 Å². The molecule has 234 valence electrons. The third-order valence-electron chi connectivity index (χ3n) is 7.66. The highest BCUT2D eigenvalue weighted by molar-refractivity contribution is 5.97. The van der Waals surface area contributed by atoms with Crippen LogP contribution in [0.25, 0.3) is 11.1 Å². The van der Waals surface area contributed by atoms with Gasteiger partial charge in [0.05, 0.1) is 38.1 Å². The predicted octanol–water partition coefficient (Wildman–Crippen LogP) is 3.80. The highest BCUT2D eigenvalue weighted by Crippen LogP contribution is 2.40. The van der Waals surface area contributed by atoms with Crippen molar-refractivity contribution >= 4 is 23.5 Å². The van der Waals surface area contributed by atoms with E-state index in [0.29, 0.717) is 63.5 Å². The molecule has 0 fully saturated rings. The summed E-state index contributed by atoms with van der Waals surface area (Å²) in [6.07, 6.45) is 4.71. The van der Waals surface area contributed by atoms with Crippen LogP contribution >= 0.6 is 0 Å². The smallest absolute Gasteiger partial charge is 0.251 e. The van der Waals surface area contributed by atoms with Gasteiger partial charge in [0.15, 0.2) is 11.7 Å². The fraction of sp³-hybridized carbons (Fsp3) is 0.294. The van der Waals surface area contributed by atoms with Crippen LogP contribution in [-0.4, -0.2) is 60.4 Å². The number of fused-ring (bicyclic) bond motifs is 1. The standard InChI is InChI=1S/C34H39N7O4/c1-23-7-3-12-30(24(23)2)44-17-6-13-31(42)41-16-18-45-32-28(10-5-11-29(32)41)27-20-39-40(22-27)21-25-8-4-9-26(19-25)33(43)37-14-15-38-34(35)36/h3-5,7-12,19-20,22H,6,13-18,21H2,1-2H3,(H,37,43)(H4,35,36,38). The van der Waals surface area contributed by atoms with Crippen LogP contribution in [0.5, 0.6) is 11.5 Å². The molecule has 0 radical (unpaired) electrons. The lowest BCUT2D eigenvalue weighted by Crippen LogP contribution is -2.38. The number of ether oxygens (including phenoxy) is 2. The Morgan fingerprint density at radius 2 is 1.91 bits per heavy atom. The Kier molecular flexibility index (Phi) is 9.98. The zero-order valence-corrected chi connectivity index (χ0v) is 25.7. The van der Waals surface area contributed by atoms with Crippen LogP contribution in [0.3, 0.4) is 0 Å². The highest BCUT2D eigenvalue weighted by atomic mass is 16.5. The second kappa shape index (κ2) is 14.4. The van der Waals surface area contributed by atoms with E-state index >= 15 is 0 Å². The first-order chi connectivity index (χ1) is 21.8. The van der Waals surface area contributed by atoms with Crippen LogP contribution < -0.4 is 31.2 Å². The van der Waals surface area contributed by atoms with Gasteiger partial charge in [0, 0.05) is 35.9 Å². The van der Waals surface area contributed by atoms with Gasteiger partial charge in [-0.25, -0.2) is 0 Å². The van der Waals surface area contributed by atoms with Crippen molar-refractivity contribution in [2.45, 2.75) is 33.2 Å². The summed E-state index contributed by atoms with van der Waals surface area (Å²) in [5.74, 6) is 1.35. The number of carbonyl (C=O) groups is 2. The molecule has 0 saturated carbocycles. The molecular formula is C34H39N7O4. The maximum Gasteiger partial charge on any atom is 0.251 e. The van der Waals surface area contributed by atoms with E-state index in [1.807, 2.05) is 66.3 Å². The van der Waals surface area contributed by atoms with Crippen molar-refractivity contribution in [2.24, 2.45) is 16.5 Å². The van der Waals surface area contributed by atoms with Gasteiger partial charge in [-0.2, -0.15) is 5.10 Å². The summed E-state index contributed by atoms with van der Waals surface area (Å²) in [5.41, 5.74) is 16.9. The van der Waals surface area contributed by atoms with Gasteiger partial charge in [0.25, 0.3) is 5.91 Å². The second-order valence-corrected chi connectivity index (χ2v) is 10.9. The third kappa shape index (κ3) is 7.80. The first-order valence-corrected chi connectivity index (χ1v) is 15.0. The van der Waals surface area contributed by atoms with Crippen molar-refractivity contribution < 1.29 is 19.1 Å². The zero-order valence-electron chi connectivity index (χ0n) is 25.7. The van der Waals surface area contributed by atoms with Crippen LogP contribution in [0.4, 0.5) is 5.69 Å². The molecule has 0 aliphatic carbocycles. The van der Waals surface area contributed by atoms with E-state index in [9.17, 15) is 9.59 Å². The van der Waals surface area contributed by atoms with Gasteiger partial charge in [0.1, 0.15) is 12.4 Å². The number of para-hydroxylation sites is 1. The average molecular weight is 610 g/mol. The molecule has 4 aromatic rings. The first-order valence-electron chi connectivity index (χ1n) is 15.0. The van der Waals surface area contributed by atoms with Gasteiger partial charge in [0.2, 0.25) is 5.91 Å². The van der Waals surface area contributed by atoms with Gasteiger partial charge in [-0.15, -0.1) is 0 Å². The summed E-state index contributed by atoms with van der Waals surface area (Å²) in [5, 5.41) is 7.37. The third-order valence-corrected chi connectivity index (χ3v) is 7.66. The molecule has 0 unspecified atom stereocenters. The van der Waals surface area contributed by atoms with Crippen molar-refractivity contribution in [2.75, 3.05) is 37.7 Å². The summed E-state index contributed by atoms with van der Waals surface area (Å²) in [4.78, 5) is 31.5. The molecule has 0 atom stereocenters. The zero-order chi connectivity index (χ0) is 31.8. The number of aromatic nitrogens is 2. The molecule has 1 aliphatic heterocycles. The van der Waals surface area contributed by atoms with E-state index in [2.05, 4.69) is 28.4 Å². The molecule has 45 heavy (non-hydrogen) atoms. The van der Waals surface area contributed by atoms with Gasteiger partial charge in [-0.05, 0) is 61.2 Å². The van der Waals surface area contributed by atoms with Crippen LogP contribution in [0.2, 0.25) is 0 Å². The minimum absolute atomic E-state index is 0.0102. The lowest BCUT2D eigenvalue weighted by Gasteiger charge is -2.31. The fourth-order valence-corrected chi connectivity index (χ4v) is 5.20. The van der Waals surface area contributed by atoms with E-state index in [-0.39, 0.29) is 17.8 Å². The number of nitrogens with two attached hydrogens (primary N) is 2. The first kappa shape index (κ1) is 31.1. The van der Waals surface area contributed by atoms with Crippen LogP contribution in [-0.2, 0) is 11.3 Å². The Balaban J connectivity index is 1.21. The number of nitrogens with zero attached hydrogens (tertiary/aromatic N) is 4. The summed E-state index contributed by atoms with van der Waals surface area (Å²) in [6.45, 7) is 6.59. The minimum atomic E-state index is -0.204. The molecule has 5 N–H and O–H groups in total. The summed E-state index contributed by atoms with van der Waals surface area (Å²) in [7, 11) is 0. The monoisotopic (exact) mass is 609 g/mol. The molecule has 0 bridgehead atoms. The van der Waals surface area contributed by atoms with E-state index in [0.717, 1.165) is 33.7 Å².